The lowest BCUT2D eigenvalue weighted by Crippen LogP contribution is -2.46. The fraction of sp³-hybridized carbons (Fsp3) is 0.375. The number of nitrogens with two attached hydrogens (primary N) is 1. The highest BCUT2D eigenvalue weighted by atomic mass is 16.5. The van der Waals surface area contributed by atoms with Crippen LogP contribution in [-0.2, 0) is 14.3 Å². The van der Waals surface area contributed by atoms with Crippen LogP contribution in [0.15, 0.2) is 24.3 Å². The van der Waals surface area contributed by atoms with E-state index in [1.54, 1.807) is 32.0 Å². The molecule has 0 aliphatic carbocycles. The molecule has 0 radical (unpaired) electrons. The number of imide groups is 1. The maximum absolute atomic E-state index is 12.1. The van der Waals surface area contributed by atoms with Crippen molar-refractivity contribution in [2.75, 3.05) is 13.7 Å². The first-order valence-electron chi connectivity index (χ1n) is 7.47. The summed E-state index contributed by atoms with van der Waals surface area (Å²) in [5.41, 5.74) is 5.13. The van der Waals surface area contributed by atoms with Crippen LogP contribution in [0.25, 0.3) is 0 Å². The van der Waals surface area contributed by atoms with Gasteiger partial charge in [0, 0.05) is 0 Å². The summed E-state index contributed by atoms with van der Waals surface area (Å²) >= 11 is 0. The summed E-state index contributed by atoms with van der Waals surface area (Å²) in [7, 11) is 1.42. The number of hydrogen-bond donors (Lipinski definition) is 3. The predicted molar refractivity (Wildman–Crippen MR) is 87.8 cm³/mol. The van der Waals surface area contributed by atoms with Gasteiger partial charge in [0.2, 0.25) is 0 Å². The second kappa shape index (κ2) is 9.26. The molecular weight excluding hydrogens is 330 g/mol. The van der Waals surface area contributed by atoms with Crippen LogP contribution in [0.5, 0.6) is 5.75 Å². The molecule has 1 atom stereocenters. The van der Waals surface area contributed by atoms with Gasteiger partial charge < -0.3 is 20.5 Å². The Kier molecular flexibility index (Phi) is 7.39. The van der Waals surface area contributed by atoms with E-state index in [4.69, 9.17) is 15.2 Å². The minimum atomic E-state index is -1.21. The second-order valence-electron chi connectivity index (χ2n) is 5.39. The molecule has 4 amide bonds. The largest absolute Gasteiger partial charge is 0.496 e. The number of hydrogen-bond acceptors (Lipinski definition) is 6. The lowest BCUT2D eigenvalue weighted by atomic mass is 10.1. The molecule has 9 nitrogen and oxygen atoms in total. The monoisotopic (exact) mass is 351 g/mol. The van der Waals surface area contributed by atoms with Gasteiger partial charge in [-0.15, -0.1) is 0 Å². The maximum Gasteiger partial charge on any atom is 0.326 e. The quantitative estimate of drug-likeness (QED) is 0.600. The zero-order valence-electron chi connectivity index (χ0n) is 14.2. The summed E-state index contributed by atoms with van der Waals surface area (Å²) < 4.78 is 10.1. The summed E-state index contributed by atoms with van der Waals surface area (Å²) in [6.07, 6.45) is -1.21. The fourth-order valence-corrected chi connectivity index (χ4v) is 1.95. The van der Waals surface area contributed by atoms with E-state index in [1.165, 1.54) is 13.2 Å². The standard InChI is InChI=1S/C16H21N3O6/c1-9(2)13(15(22)19-16(17)23)25-12(20)8-18-14(21)10-6-4-5-7-11(10)24-3/h4-7,9,13H,8H2,1-3H3,(H,18,21)(H3,17,19,22,23)/t13-/m1/s1. The van der Waals surface area contributed by atoms with Gasteiger partial charge in [-0.2, -0.15) is 0 Å². The SMILES string of the molecule is COc1ccccc1C(=O)NCC(=O)O[C@@H](C(=O)NC(N)=O)C(C)C. The molecule has 0 heterocycles. The summed E-state index contributed by atoms with van der Waals surface area (Å²) in [6, 6.07) is 5.45. The van der Waals surface area contributed by atoms with Gasteiger partial charge in [-0.3, -0.25) is 19.7 Å². The Morgan fingerprint density at radius 1 is 1.16 bits per heavy atom. The zero-order valence-corrected chi connectivity index (χ0v) is 14.2. The first-order valence-corrected chi connectivity index (χ1v) is 7.47. The Morgan fingerprint density at radius 3 is 2.36 bits per heavy atom. The van der Waals surface area contributed by atoms with Crippen molar-refractivity contribution in [3.05, 3.63) is 29.8 Å². The number of urea groups is 1. The third-order valence-electron chi connectivity index (χ3n) is 3.11. The zero-order chi connectivity index (χ0) is 19.0. The number of primary amides is 1. The van der Waals surface area contributed by atoms with E-state index < -0.39 is 42.4 Å². The molecule has 0 saturated heterocycles. The van der Waals surface area contributed by atoms with E-state index in [9.17, 15) is 19.2 Å². The molecule has 0 aliphatic heterocycles. The van der Waals surface area contributed by atoms with E-state index in [1.807, 2.05) is 5.32 Å². The van der Waals surface area contributed by atoms with Crippen molar-refractivity contribution >= 4 is 23.8 Å². The molecule has 0 saturated carbocycles. The van der Waals surface area contributed by atoms with Gasteiger partial charge in [0.15, 0.2) is 6.10 Å². The van der Waals surface area contributed by atoms with Crippen LogP contribution in [0.3, 0.4) is 0 Å². The molecule has 0 bridgehead atoms. The Morgan fingerprint density at radius 2 is 1.80 bits per heavy atom. The topological polar surface area (TPSA) is 137 Å². The lowest BCUT2D eigenvalue weighted by Gasteiger charge is -2.20. The third kappa shape index (κ3) is 6.13. The van der Waals surface area contributed by atoms with Gasteiger partial charge in [-0.05, 0) is 18.1 Å². The molecule has 9 heteroatoms. The maximum atomic E-state index is 12.1. The van der Waals surface area contributed by atoms with Gasteiger partial charge in [0.1, 0.15) is 12.3 Å². The Labute approximate surface area is 144 Å². The van der Waals surface area contributed by atoms with E-state index >= 15 is 0 Å². The van der Waals surface area contributed by atoms with Crippen LogP contribution in [-0.4, -0.2) is 43.6 Å². The molecule has 0 spiro atoms. The van der Waals surface area contributed by atoms with E-state index in [-0.39, 0.29) is 5.56 Å². The van der Waals surface area contributed by atoms with Gasteiger partial charge in [-0.1, -0.05) is 26.0 Å². The van der Waals surface area contributed by atoms with Crippen LogP contribution in [0.1, 0.15) is 24.2 Å². The van der Waals surface area contributed by atoms with Gasteiger partial charge in [-0.25, -0.2) is 4.79 Å². The molecule has 0 unspecified atom stereocenters. The molecule has 0 aliphatic rings. The van der Waals surface area contributed by atoms with Crippen molar-refractivity contribution in [2.24, 2.45) is 11.7 Å². The molecule has 1 rings (SSSR count). The Balaban J connectivity index is 2.64. The van der Waals surface area contributed by atoms with Crippen molar-refractivity contribution in [3.8, 4) is 5.75 Å². The highest BCUT2D eigenvalue weighted by Crippen LogP contribution is 2.16. The Bertz CT molecular complexity index is 659. The number of amides is 4. The van der Waals surface area contributed by atoms with Crippen LogP contribution in [0, 0.1) is 5.92 Å². The van der Waals surface area contributed by atoms with Gasteiger partial charge in [0.25, 0.3) is 11.8 Å². The first-order chi connectivity index (χ1) is 11.8. The van der Waals surface area contributed by atoms with Crippen LogP contribution < -0.4 is 21.1 Å². The summed E-state index contributed by atoms with van der Waals surface area (Å²) in [5.74, 6) is -2.23. The van der Waals surface area contributed by atoms with E-state index in [2.05, 4.69) is 5.32 Å². The van der Waals surface area contributed by atoms with Crippen LogP contribution in [0.2, 0.25) is 0 Å². The molecular formula is C16H21N3O6. The van der Waals surface area contributed by atoms with Crippen molar-refractivity contribution < 1.29 is 28.7 Å². The normalized spacial score (nSPS) is 11.4. The molecule has 25 heavy (non-hydrogen) atoms. The average Bonchev–Trinajstić information content (AvgIpc) is 2.56. The number of rotatable bonds is 7. The number of benzene rings is 1. The van der Waals surface area contributed by atoms with Crippen molar-refractivity contribution in [1.82, 2.24) is 10.6 Å². The summed E-state index contributed by atoms with van der Waals surface area (Å²) in [5, 5.41) is 4.23. The smallest absolute Gasteiger partial charge is 0.326 e. The van der Waals surface area contributed by atoms with Gasteiger partial charge in [0.05, 0.1) is 12.7 Å². The van der Waals surface area contributed by atoms with Crippen molar-refractivity contribution in [1.29, 1.82) is 0 Å². The number of ether oxygens (including phenoxy) is 2. The number of carbonyl (C=O) groups is 4. The minimum absolute atomic E-state index is 0.254. The Hall–Kier alpha value is -3.10. The second-order valence-corrected chi connectivity index (χ2v) is 5.39. The minimum Gasteiger partial charge on any atom is -0.496 e. The molecule has 4 N–H and O–H groups in total. The molecule has 0 fully saturated rings. The number of carbonyl (C=O) groups excluding carboxylic acids is 4. The van der Waals surface area contributed by atoms with E-state index in [0.29, 0.717) is 5.75 Å². The summed E-state index contributed by atoms with van der Waals surface area (Å²) in [4.78, 5) is 46.5. The average molecular weight is 351 g/mol. The highest BCUT2D eigenvalue weighted by Gasteiger charge is 2.27. The predicted octanol–water partition coefficient (Wildman–Crippen LogP) is 0.188. The third-order valence-corrected chi connectivity index (χ3v) is 3.11. The molecule has 136 valence electrons. The molecule has 0 aromatic heterocycles. The lowest BCUT2D eigenvalue weighted by molar-refractivity contribution is -0.157. The van der Waals surface area contributed by atoms with Gasteiger partial charge >= 0.3 is 12.0 Å². The fourth-order valence-electron chi connectivity index (χ4n) is 1.95. The number of nitrogens with one attached hydrogen (secondary N) is 2. The number of para-hydroxylation sites is 1. The van der Waals surface area contributed by atoms with Crippen molar-refractivity contribution in [2.45, 2.75) is 20.0 Å². The number of methoxy groups -OCH3 is 1. The van der Waals surface area contributed by atoms with Crippen LogP contribution in [0.4, 0.5) is 4.79 Å². The van der Waals surface area contributed by atoms with E-state index in [0.717, 1.165) is 0 Å². The van der Waals surface area contributed by atoms with Crippen molar-refractivity contribution in [3.63, 3.8) is 0 Å². The molecule has 1 aromatic rings. The van der Waals surface area contributed by atoms with Crippen LogP contribution >= 0.6 is 0 Å². The molecule has 1 aromatic carbocycles. The summed E-state index contributed by atoms with van der Waals surface area (Å²) in [6.45, 7) is 2.81. The highest BCUT2D eigenvalue weighted by molar-refractivity contribution is 5.99. The number of esters is 1. The first kappa shape index (κ1) is 19.9.